The number of halogens is 3. The standard InChI is InChI=1S/C16H21F3N2/c1-20-15(10-21-9-11-5-6-14(21)7-11)12-3-2-4-13(8-12)16(17,18)19/h2-4,8,11,14-15,20H,5-7,9-10H2,1H3. The Labute approximate surface area is 123 Å². The summed E-state index contributed by atoms with van der Waals surface area (Å²) in [7, 11) is 1.82. The second kappa shape index (κ2) is 5.61. The van der Waals surface area contributed by atoms with Crippen LogP contribution in [0.25, 0.3) is 0 Å². The summed E-state index contributed by atoms with van der Waals surface area (Å²) in [6.07, 6.45) is -0.460. The molecule has 1 aromatic rings. The molecule has 21 heavy (non-hydrogen) atoms. The highest BCUT2D eigenvalue weighted by atomic mass is 19.4. The molecule has 3 unspecified atom stereocenters. The molecule has 2 fully saturated rings. The predicted octanol–water partition coefficient (Wildman–Crippen LogP) is 3.45. The average molecular weight is 298 g/mol. The molecule has 0 radical (unpaired) electrons. The minimum atomic E-state index is -4.28. The highest BCUT2D eigenvalue weighted by Gasteiger charge is 2.38. The molecule has 1 aromatic carbocycles. The lowest BCUT2D eigenvalue weighted by atomic mass is 10.0. The summed E-state index contributed by atoms with van der Waals surface area (Å²) in [6, 6.07) is 6.27. The number of nitrogens with one attached hydrogen (secondary N) is 1. The van der Waals surface area contributed by atoms with Gasteiger partial charge in [0.25, 0.3) is 0 Å². The van der Waals surface area contributed by atoms with Gasteiger partial charge in [0.15, 0.2) is 0 Å². The van der Waals surface area contributed by atoms with Crippen molar-refractivity contribution in [1.82, 2.24) is 10.2 Å². The lowest BCUT2D eigenvalue weighted by Gasteiger charge is -2.31. The van der Waals surface area contributed by atoms with Crippen molar-refractivity contribution in [1.29, 1.82) is 0 Å². The van der Waals surface area contributed by atoms with Gasteiger partial charge in [-0.05, 0) is 49.9 Å². The SMILES string of the molecule is CNC(CN1CC2CCC1C2)c1cccc(C(F)(F)F)c1. The summed E-state index contributed by atoms with van der Waals surface area (Å²) in [5, 5.41) is 3.17. The zero-order valence-electron chi connectivity index (χ0n) is 12.2. The van der Waals surface area contributed by atoms with Crippen molar-refractivity contribution in [2.45, 2.75) is 37.5 Å². The fourth-order valence-electron chi connectivity index (χ4n) is 3.78. The fourth-order valence-corrected chi connectivity index (χ4v) is 3.78. The van der Waals surface area contributed by atoms with E-state index in [0.717, 1.165) is 30.6 Å². The van der Waals surface area contributed by atoms with E-state index < -0.39 is 11.7 Å². The van der Waals surface area contributed by atoms with Gasteiger partial charge in [0.1, 0.15) is 0 Å². The zero-order valence-corrected chi connectivity index (χ0v) is 12.2. The van der Waals surface area contributed by atoms with Crippen LogP contribution in [0.3, 0.4) is 0 Å². The van der Waals surface area contributed by atoms with Gasteiger partial charge in [-0.2, -0.15) is 13.2 Å². The quantitative estimate of drug-likeness (QED) is 0.916. The topological polar surface area (TPSA) is 15.3 Å². The molecule has 1 saturated carbocycles. The van der Waals surface area contributed by atoms with E-state index in [-0.39, 0.29) is 6.04 Å². The third kappa shape index (κ3) is 3.09. The van der Waals surface area contributed by atoms with Crippen molar-refractivity contribution < 1.29 is 13.2 Å². The number of likely N-dealkylation sites (N-methyl/N-ethyl adjacent to an activating group) is 1. The summed E-state index contributed by atoms with van der Waals surface area (Å²) in [5.74, 6) is 0.800. The molecule has 116 valence electrons. The smallest absolute Gasteiger partial charge is 0.312 e. The Morgan fingerprint density at radius 3 is 2.71 bits per heavy atom. The Morgan fingerprint density at radius 2 is 2.14 bits per heavy atom. The summed E-state index contributed by atoms with van der Waals surface area (Å²) >= 11 is 0. The van der Waals surface area contributed by atoms with Crippen molar-refractivity contribution in [2.75, 3.05) is 20.1 Å². The first kappa shape index (κ1) is 14.9. The van der Waals surface area contributed by atoms with E-state index >= 15 is 0 Å². The maximum Gasteiger partial charge on any atom is 0.416 e. The molecule has 0 amide bonds. The molecule has 1 N–H and O–H groups in total. The molecule has 3 atom stereocenters. The van der Waals surface area contributed by atoms with Crippen molar-refractivity contribution >= 4 is 0 Å². The summed E-state index contributed by atoms with van der Waals surface area (Å²) in [5.41, 5.74) is 0.151. The van der Waals surface area contributed by atoms with Crippen LogP contribution in [-0.2, 0) is 6.18 Å². The van der Waals surface area contributed by atoms with Crippen LogP contribution in [0.2, 0.25) is 0 Å². The molecular weight excluding hydrogens is 277 g/mol. The highest BCUT2D eigenvalue weighted by molar-refractivity contribution is 5.28. The zero-order chi connectivity index (χ0) is 15.0. The normalized spacial score (nSPS) is 27.2. The Bertz CT molecular complexity index is 501. The minimum absolute atomic E-state index is 0.0494. The van der Waals surface area contributed by atoms with Crippen LogP contribution in [0.1, 0.15) is 36.4 Å². The average Bonchev–Trinajstić information content (AvgIpc) is 3.06. The van der Waals surface area contributed by atoms with E-state index in [2.05, 4.69) is 10.2 Å². The van der Waals surface area contributed by atoms with Crippen LogP contribution in [0.5, 0.6) is 0 Å². The molecular formula is C16H21F3N2. The maximum absolute atomic E-state index is 12.8. The van der Waals surface area contributed by atoms with E-state index in [1.54, 1.807) is 6.07 Å². The second-order valence-corrected chi connectivity index (χ2v) is 6.25. The number of nitrogens with zero attached hydrogens (tertiary/aromatic N) is 1. The number of benzene rings is 1. The molecule has 0 aromatic heterocycles. The fraction of sp³-hybridized carbons (Fsp3) is 0.625. The molecule has 1 aliphatic heterocycles. The maximum atomic E-state index is 12.8. The van der Waals surface area contributed by atoms with Crippen molar-refractivity contribution in [3.63, 3.8) is 0 Å². The summed E-state index contributed by atoms with van der Waals surface area (Å²) in [6.45, 7) is 1.89. The largest absolute Gasteiger partial charge is 0.416 e. The number of likely N-dealkylation sites (tertiary alicyclic amines) is 1. The van der Waals surface area contributed by atoms with E-state index in [9.17, 15) is 13.2 Å². The summed E-state index contributed by atoms with van der Waals surface area (Å²) < 4.78 is 38.5. The lowest BCUT2D eigenvalue weighted by Crippen LogP contribution is -2.38. The number of hydrogen-bond donors (Lipinski definition) is 1. The van der Waals surface area contributed by atoms with Crippen LogP contribution >= 0.6 is 0 Å². The number of alkyl halides is 3. The van der Waals surface area contributed by atoms with Gasteiger partial charge < -0.3 is 5.32 Å². The van der Waals surface area contributed by atoms with Crippen LogP contribution < -0.4 is 5.32 Å². The van der Waals surface area contributed by atoms with Gasteiger partial charge in [-0.1, -0.05) is 12.1 Å². The van der Waals surface area contributed by atoms with E-state index in [1.165, 1.54) is 31.4 Å². The van der Waals surface area contributed by atoms with E-state index in [4.69, 9.17) is 0 Å². The van der Waals surface area contributed by atoms with Gasteiger partial charge in [0.05, 0.1) is 5.56 Å². The molecule has 1 heterocycles. The van der Waals surface area contributed by atoms with Crippen molar-refractivity contribution in [3.05, 3.63) is 35.4 Å². The molecule has 5 heteroatoms. The van der Waals surface area contributed by atoms with Gasteiger partial charge in [-0.15, -0.1) is 0 Å². The Morgan fingerprint density at radius 1 is 1.33 bits per heavy atom. The Kier molecular flexibility index (Phi) is 3.97. The van der Waals surface area contributed by atoms with Crippen LogP contribution in [0, 0.1) is 5.92 Å². The lowest BCUT2D eigenvalue weighted by molar-refractivity contribution is -0.137. The molecule has 1 saturated heterocycles. The number of piperidine rings is 1. The summed E-state index contributed by atoms with van der Waals surface area (Å²) in [4.78, 5) is 2.44. The third-order valence-electron chi connectivity index (χ3n) is 4.90. The minimum Gasteiger partial charge on any atom is -0.312 e. The second-order valence-electron chi connectivity index (χ2n) is 6.25. The molecule has 2 aliphatic rings. The number of rotatable bonds is 4. The predicted molar refractivity (Wildman–Crippen MR) is 75.9 cm³/mol. The van der Waals surface area contributed by atoms with Crippen molar-refractivity contribution in [3.8, 4) is 0 Å². The van der Waals surface area contributed by atoms with Gasteiger partial charge in [-0.3, -0.25) is 4.90 Å². The van der Waals surface area contributed by atoms with Gasteiger partial charge in [-0.25, -0.2) is 0 Å². The van der Waals surface area contributed by atoms with E-state index in [1.807, 2.05) is 7.05 Å². The first-order chi connectivity index (χ1) is 9.97. The van der Waals surface area contributed by atoms with Crippen molar-refractivity contribution in [2.24, 2.45) is 5.92 Å². The highest BCUT2D eigenvalue weighted by Crippen LogP contribution is 2.38. The molecule has 1 aliphatic carbocycles. The van der Waals surface area contributed by atoms with Crippen LogP contribution in [0.4, 0.5) is 13.2 Å². The monoisotopic (exact) mass is 298 g/mol. The van der Waals surface area contributed by atoms with Gasteiger partial charge >= 0.3 is 6.18 Å². The number of fused-ring (bicyclic) bond motifs is 2. The number of hydrogen-bond acceptors (Lipinski definition) is 2. The first-order valence-electron chi connectivity index (χ1n) is 7.56. The molecule has 2 nitrogen and oxygen atoms in total. The Balaban J connectivity index is 1.74. The Hall–Kier alpha value is -1.07. The van der Waals surface area contributed by atoms with Gasteiger partial charge in [0.2, 0.25) is 0 Å². The van der Waals surface area contributed by atoms with E-state index in [0.29, 0.717) is 6.04 Å². The third-order valence-corrected chi connectivity index (χ3v) is 4.90. The van der Waals surface area contributed by atoms with Gasteiger partial charge in [0, 0.05) is 25.2 Å². The van der Waals surface area contributed by atoms with Crippen LogP contribution in [-0.4, -0.2) is 31.1 Å². The molecule has 3 rings (SSSR count). The molecule has 2 bridgehead atoms. The van der Waals surface area contributed by atoms with Crippen LogP contribution in [0.15, 0.2) is 24.3 Å². The first-order valence-corrected chi connectivity index (χ1v) is 7.56. The molecule has 0 spiro atoms.